The molecule has 3 rings (SSSR count). The monoisotopic (exact) mass is 336 g/mol. The zero-order valence-corrected chi connectivity index (χ0v) is 14.4. The minimum absolute atomic E-state index is 0.0594. The lowest BCUT2D eigenvalue weighted by Gasteiger charge is -2.36. The Hall–Kier alpha value is -1.47. The summed E-state index contributed by atoms with van der Waals surface area (Å²) in [5.41, 5.74) is 1.03. The fourth-order valence-electron chi connectivity index (χ4n) is 3.25. The number of carbonyl (C=O) groups excluding carboxylic acids is 1. The zero-order chi connectivity index (χ0) is 16.9. The third-order valence-corrected chi connectivity index (χ3v) is 4.84. The van der Waals surface area contributed by atoms with Crippen molar-refractivity contribution in [2.45, 2.75) is 76.7 Å². The molecule has 1 saturated carbocycles. The van der Waals surface area contributed by atoms with Crippen molar-refractivity contribution in [1.82, 2.24) is 20.3 Å². The highest BCUT2D eigenvalue weighted by Gasteiger charge is 2.36. The van der Waals surface area contributed by atoms with Crippen LogP contribution in [-0.2, 0) is 22.5 Å². The van der Waals surface area contributed by atoms with Gasteiger partial charge in [0, 0.05) is 18.7 Å². The Labute approximate surface area is 142 Å². The van der Waals surface area contributed by atoms with Crippen LogP contribution in [0.5, 0.6) is 0 Å². The van der Waals surface area contributed by atoms with Crippen LogP contribution in [0.4, 0.5) is 0 Å². The van der Waals surface area contributed by atoms with Gasteiger partial charge >= 0.3 is 0 Å². The summed E-state index contributed by atoms with van der Waals surface area (Å²) in [6, 6.07) is -0.0677. The fraction of sp³-hybridized carbons (Fsp3) is 0.824. The number of nitrogens with zero attached hydrogens (tertiary/aromatic N) is 3. The maximum atomic E-state index is 11.9. The van der Waals surface area contributed by atoms with Crippen molar-refractivity contribution in [1.29, 1.82) is 0 Å². The van der Waals surface area contributed by atoms with E-state index < -0.39 is 0 Å². The molecule has 24 heavy (non-hydrogen) atoms. The molecule has 0 unspecified atom stereocenters. The van der Waals surface area contributed by atoms with Crippen molar-refractivity contribution in [3.63, 3.8) is 0 Å². The highest BCUT2D eigenvalue weighted by atomic mass is 16.5. The maximum Gasteiger partial charge on any atom is 0.223 e. The van der Waals surface area contributed by atoms with E-state index in [-0.39, 0.29) is 36.7 Å². The van der Waals surface area contributed by atoms with Crippen molar-refractivity contribution < 1.29 is 14.6 Å². The van der Waals surface area contributed by atoms with Gasteiger partial charge in [0.1, 0.15) is 6.10 Å². The first-order valence-corrected chi connectivity index (χ1v) is 9.15. The molecule has 0 bridgehead atoms. The SMILES string of the molecule is CCCc1cn(CC[C@@H]2CC[C@H](NC(=O)C3CC3)[C@H](CO)O2)nn1. The average molecular weight is 336 g/mol. The Morgan fingerprint density at radius 2 is 2.25 bits per heavy atom. The molecule has 3 atom stereocenters. The quantitative estimate of drug-likeness (QED) is 0.741. The number of amides is 1. The van der Waals surface area contributed by atoms with Crippen LogP contribution in [0.2, 0.25) is 0 Å². The number of aliphatic hydroxyl groups excluding tert-OH is 1. The van der Waals surface area contributed by atoms with Gasteiger partial charge in [-0.2, -0.15) is 0 Å². The number of carbonyl (C=O) groups is 1. The molecule has 1 aromatic heterocycles. The van der Waals surface area contributed by atoms with E-state index in [0.717, 1.165) is 57.2 Å². The number of aromatic nitrogens is 3. The topological polar surface area (TPSA) is 89.3 Å². The van der Waals surface area contributed by atoms with Gasteiger partial charge in [0.15, 0.2) is 0 Å². The molecule has 1 aliphatic heterocycles. The van der Waals surface area contributed by atoms with Gasteiger partial charge in [0.25, 0.3) is 0 Å². The van der Waals surface area contributed by atoms with E-state index >= 15 is 0 Å². The Morgan fingerprint density at radius 3 is 2.96 bits per heavy atom. The van der Waals surface area contributed by atoms with Crippen LogP contribution < -0.4 is 5.32 Å². The summed E-state index contributed by atoms with van der Waals surface area (Å²) in [4.78, 5) is 11.9. The van der Waals surface area contributed by atoms with Crippen molar-refractivity contribution in [3.8, 4) is 0 Å². The summed E-state index contributed by atoms with van der Waals surface area (Å²) in [7, 11) is 0. The normalized spacial score (nSPS) is 27.2. The Kier molecular flexibility index (Phi) is 5.84. The predicted octanol–water partition coefficient (Wildman–Crippen LogP) is 1.06. The molecule has 0 radical (unpaired) electrons. The molecule has 2 fully saturated rings. The molecule has 2 aliphatic rings. The molecule has 134 valence electrons. The van der Waals surface area contributed by atoms with Gasteiger partial charge in [-0.25, -0.2) is 0 Å². The highest BCUT2D eigenvalue weighted by Crippen LogP contribution is 2.30. The lowest BCUT2D eigenvalue weighted by molar-refractivity contribution is -0.129. The first kappa shape index (κ1) is 17.4. The fourth-order valence-corrected chi connectivity index (χ4v) is 3.25. The van der Waals surface area contributed by atoms with E-state index in [1.807, 2.05) is 10.9 Å². The second-order valence-corrected chi connectivity index (χ2v) is 6.96. The second kappa shape index (κ2) is 8.07. The third kappa shape index (κ3) is 4.54. The third-order valence-electron chi connectivity index (χ3n) is 4.84. The first-order valence-electron chi connectivity index (χ1n) is 9.15. The number of ether oxygens (including phenoxy) is 1. The molecule has 1 aromatic rings. The molecule has 0 aromatic carbocycles. The zero-order valence-electron chi connectivity index (χ0n) is 14.4. The maximum absolute atomic E-state index is 11.9. The smallest absolute Gasteiger partial charge is 0.223 e. The standard InChI is InChI=1S/C17H28N4O3/c1-2-3-13-10-21(20-19-13)9-8-14-6-7-15(16(11-22)24-14)18-17(23)12-4-5-12/h10,12,14-16,22H,2-9,11H2,1H3,(H,18,23)/t14-,15-,16-/m0/s1. The van der Waals surface area contributed by atoms with Gasteiger partial charge in [-0.1, -0.05) is 18.6 Å². The van der Waals surface area contributed by atoms with Crippen LogP contribution in [0.15, 0.2) is 6.20 Å². The summed E-state index contributed by atoms with van der Waals surface area (Å²) < 4.78 is 7.86. The lowest BCUT2D eigenvalue weighted by atomic mass is 9.97. The van der Waals surface area contributed by atoms with Gasteiger partial charge in [-0.15, -0.1) is 5.10 Å². The second-order valence-electron chi connectivity index (χ2n) is 6.96. The van der Waals surface area contributed by atoms with Crippen LogP contribution in [0.1, 0.15) is 51.1 Å². The molecular weight excluding hydrogens is 308 g/mol. The molecule has 1 aliphatic carbocycles. The lowest BCUT2D eigenvalue weighted by Crippen LogP contribution is -2.51. The molecule has 1 saturated heterocycles. The Morgan fingerprint density at radius 1 is 1.42 bits per heavy atom. The summed E-state index contributed by atoms with van der Waals surface area (Å²) in [5, 5.41) is 20.9. The van der Waals surface area contributed by atoms with Crippen molar-refractivity contribution in [2.75, 3.05) is 6.61 Å². The summed E-state index contributed by atoms with van der Waals surface area (Å²) in [6.45, 7) is 2.83. The van der Waals surface area contributed by atoms with E-state index in [9.17, 15) is 9.90 Å². The Bertz CT molecular complexity index is 544. The van der Waals surface area contributed by atoms with Crippen molar-refractivity contribution in [3.05, 3.63) is 11.9 Å². The van der Waals surface area contributed by atoms with E-state index in [4.69, 9.17) is 4.74 Å². The van der Waals surface area contributed by atoms with E-state index in [1.165, 1.54) is 0 Å². The molecule has 7 nitrogen and oxygen atoms in total. The van der Waals surface area contributed by atoms with Crippen molar-refractivity contribution in [2.24, 2.45) is 5.92 Å². The van der Waals surface area contributed by atoms with Crippen LogP contribution in [0.25, 0.3) is 0 Å². The first-order chi connectivity index (χ1) is 11.7. The van der Waals surface area contributed by atoms with Gasteiger partial charge in [0.2, 0.25) is 5.91 Å². The number of hydrogen-bond donors (Lipinski definition) is 2. The van der Waals surface area contributed by atoms with Gasteiger partial charge < -0.3 is 15.2 Å². The number of aliphatic hydroxyl groups is 1. The minimum Gasteiger partial charge on any atom is -0.394 e. The van der Waals surface area contributed by atoms with Crippen LogP contribution in [0, 0.1) is 5.92 Å². The average Bonchev–Trinajstić information content (AvgIpc) is 3.35. The van der Waals surface area contributed by atoms with E-state index in [0.29, 0.717) is 0 Å². The van der Waals surface area contributed by atoms with Gasteiger partial charge in [-0.3, -0.25) is 9.48 Å². The molecule has 2 heterocycles. The number of aryl methyl sites for hydroxylation is 2. The molecular formula is C17H28N4O3. The van der Waals surface area contributed by atoms with Gasteiger partial charge in [0.05, 0.1) is 24.4 Å². The Balaban J connectivity index is 1.45. The predicted molar refractivity (Wildman–Crippen MR) is 88.3 cm³/mol. The largest absolute Gasteiger partial charge is 0.394 e. The summed E-state index contributed by atoms with van der Waals surface area (Å²) >= 11 is 0. The number of hydrogen-bond acceptors (Lipinski definition) is 5. The van der Waals surface area contributed by atoms with E-state index in [2.05, 4.69) is 22.6 Å². The molecule has 1 amide bonds. The summed E-state index contributed by atoms with van der Waals surface area (Å²) in [5.74, 6) is 0.304. The highest BCUT2D eigenvalue weighted by molar-refractivity contribution is 5.81. The summed E-state index contributed by atoms with van der Waals surface area (Å²) in [6.07, 6.45) is 8.37. The number of nitrogens with one attached hydrogen (secondary N) is 1. The number of rotatable bonds is 8. The van der Waals surface area contributed by atoms with Crippen LogP contribution in [-0.4, -0.2) is 50.9 Å². The van der Waals surface area contributed by atoms with Crippen LogP contribution in [0.3, 0.4) is 0 Å². The molecule has 0 spiro atoms. The molecule has 7 heteroatoms. The van der Waals surface area contributed by atoms with Crippen LogP contribution >= 0.6 is 0 Å². The van der Waals surface area contributed by atoms with Crippen molar-refractivity contribution >= 4 is 5.91 Å². The van der Waals surface area contributed by atoms with E-state index in [1.54, 1.807) is 0 Å². The van der Waals surface area contributed by atoms with Gasteiger partial charge in [-0.05, 0) is 38.5 Å². The molecule has 2 N–H and O–H groups in total. The minimum atomic E-state index is -0.308.